The fraction of sp³-hybridized carbons (Fsp3) is 0.429. The average Bonchev–Trinajstić information content (AvgIpc) is 2.63. The Balaban J connectivity index is 1.76. The molecule has 0 unspecified atom stereocenters. The SMILES string of the molecule is COCC(=O)N1CCC[C@H](c2cc(Cc3ccc(F)cc3)cc(C)n2)C1. The molecule has 26 heavy (non-hydrogen) atoms. The van der Waals surface area contributed by atoms with Crippen LogP contribution in [0.3, 0.4) is 0 Å². The van der Waals surface area contributed by atoms with E-state index in [2.05, 4.69) is 12.1 Å². The minimum Gasteiger partial charge on any atom is -0.375 e. The number of halogens is 1. The number of pyridine rings is 1. The van der Waals surface area contributed by atoms with Crippen molar-refractivity contribution < 1.29 is 13.9 Å². The lowest BCUT2D eigenvalue weighted by molar-refractivity contribution is -0.136. The predicted octanol–water partition coefficient (Wildman–Crippen LogP) is 3.47. The van der Waals surface area contributed by atoms with E-state index in [9.17, 15) is 9.18 Å². The smallest absolute Gasteiger partial charge is 0.248 e. The number of aryl methyl sites for hydroxylation is 1. The van der Waals surface area contributed by atoms with Crippen LogP contribution >= 0.6 is 0 Å². The van der Waals surface area contributed by atoms with E-state index in [1.165, 1.54) is 17.7 Å². The van der Waals surface area contributed by atoms with Crippen LogP contribution in [0.5, 0.6) is 0 Å². The Morgan fingerprint density at radius 3 is 2.77 bits per heavy atom. The summed E-state index contributed by atoms with van der Waals surface area (Å²) in [6.45, 7) is 3.60. The third-order valence-electron chi connectivity index (χ3n) is 4.81. The molecule has 1 fully saturated rings. The number of rotatable bonds is 5. The summed E-state index contributed by atoms with van der Waals surface area (Å²) >= 11 is 0. The van der Waals surface area contributed by atoms with E-state index in [0.717, 1.165) is 42.8 Å². The van der Waals surface area contributed by atoms with E-state index in [1.807, 2.05) is 24.0 Å². The molecule has 1 saturated heterocycles. The monoisotopic (exact) mass is 356 g/mol. The van der Waals surface area contributed by atoms with Crippen molar-refractivity contribution in [1.29, 1.82) is 0 Å². The summed E-state index contributed by atoms with van der Waals surface area (Å²) in [6, 6.07) is 10.8. The van der Waals surface area contributed by atoms with Crippen LogP contribution < -0.4 is 0 Å². The van der Waals surface area contributed by atoms with Crippen molar-refractivity contribution in [2.24, 2.45) is 0 Å². The molecule has 0 spiro atoms. The van der Waals surface area contributed by atoms with E-state index in [4.69, 9.17) is 9.72 Å². The molecule has 5 heteroatoms. The van der Waals surface area contributed by atoms with Crippen LogP contribution in [0.25, 0.3) is 0 Å². The topological polar surface area (TPSA) is 42.4 Å². The molecule has 0 bridgehead atoms. The van der Waals surface area contributed by atoms with Crippen LogP contribution in [0.4, 0.5) is 4.39 Å². The molecule has 2 heterocycles. The van der Waals surface area contributed by atoms with Gasteiger partial charge in [0.25, 0.3) is 0 Å². The van der Waals surface area contributed by atoms with Gasteiger partial charge in [-0.15, -0.1) is 0 Å². The van der Waals surface area contributed by atoms with Gasteiger partial charge in [-0.2, -0.15) is 0 Å². The van der Waals surface area contributed by atoms with Crippen molar-refractivity contribution in [2.45, 2.75) is 32.1 Å². The molecule has 1 aromatic heterocycles. The molecule has 0 N–H and O–H groups in total. The largest absolute Gasteiger partial charge is 0.375 e. The molecule has 1 aliphatic heterocycles. The van der Waals surface area contributed by atoms with E-state index in [0.29, 0.717) is 6.54 Å². The number of hydrogen-bond acceptors (Lipinski definition) is 3. The minimum atomic E-state index is -0.219. The van der Waals surface area contributed by atoms with Crippen LogP contribution in [-0.4, -0.2) is 42.6 Å². The minimum absolute atomic E-state index is 0.0383. The van der Waals surface area contributed by atoms with E-state index >= 15 is 0 Å². The summed E-state index contributed by atoms with van der Waals surface area (Å²) < 4.78 is 18.1. The lowest BCUT2D eigenvalue weighted by Gasteiger charge is -2.32. The Morgan fingerprint density at radius 2 is 2.04 bits per heavy atom. The first kappa shape index (κ1) is 18.5. The number of piperidine rings is 1. The number of hydrogen-bond donors (Lipinski definition) is 0. The van der Waals surface area contributed by atoms with Gasteiger partial charge in [0.05, 0.1) is 0 Å². The number of amides is 1. The van der Waals surface area contributed by atoms with Gasteiger partial charge in [0, 0.05) is 37.5 Å². The molecular weight excluding hydrogens is 331 g/mol. The zero-order chi connectivity index (χ0) is 18.5. The van der Waals surface area contributed by atoms with Crippen molar-refractivity contribution in [1.82, 2.24) is 9.88 Å². The Hall–Kier alpha value is -2.27. The van der Waals surface area contributed by atoms with Crippen molar-refractivity contribution in [3.05, 3.63) is 64.7 Å². The Labute approximate surface area is 154 Å². The average molecular weight is 356 g/mol. The summed E-state index contributed by atoms with van der Waals surface area (Å²) in [7, 11) is 1.54. The fourth-order valence-corrected chi connectivity index (χ4v) is 3.58. The maximum absolute atomic E-state index is 13.1. The zero-order valence-corrected chi connectivity index (χ0v) is 15.4. The van der Waals surface area contributed by atoms with Gasteiger partial charge in [-0.1, -0.05) is 12.1 Å². The predicted molar refractivity (Wildman–Crippen MR) is 98.6 cm³/mol. The number of carbonyl (C=O) groups excluding carboxylic acids is 1. The summed E-state index contributed by atoms with van der Waals surface area (Å²) in [5.41, 5.74) is 4.25. The van der Waals surface area contributed by atoms with Crippen LogP contribution in [0.15, 0.2) is 36.4 Å². The van der Waals surface area contributed by atoms with Crippen LogP contribution in [0, 0.1) is 12.7 Å². The number of methoxy groups -OCH3 is 1. The number of aromatic nitrogens is 1. The number of nitrogens with zero attached hydrogens (tertiary/aromatic N) is 2. The van der Waals surface area contributed by atoms with Crippen LogP contribution in [0.2, 0.25) is 0 Å². The van der Waals surface area contributed by atoms with E-state index < -0.39 is 0 Å². The Bertz CT molecular complexity index is 761. The number of benzene rings is 1. The highest BCUT2D eigenvalue weighted by molar-refractivity contribution is 5.77. The molecule has 1 aliphatic rings. The van der Waals surface area contributed by atoms with Gasteiger partial charge in [-0.05, 0) is 61.6 Å². The summed E-state index contributed by atoms with van der Waals surface area (Å²) in [6.07, 6.45) is 2.75. The normalized spacial score (nSPS) is 17.3. The van der Waals surface area contributed by atoms with Gasteiger partial charge in [0.15, 0.2) is 0 Å². The number of likely N-dealkylation sites (tertiary alicyclic amines) is 1. The van der Waals surface area contributed by atoms with Gasteiger partial charge in [0.1, 0.15) is 12.4 Å². The second-order valence-corrected chi connectivity index (χ2v) is 6.96. The highest BCUT2D eigenvalue weighted by atomic mass is 19.1. The van der Waals surface area contributed by atoms with E-state index in [-0.39, 0.29) is 24.2 Å². The van der Waals surface area contributed by atoms with Crippen LogP contribution in [-0.2, 0) is 16.0 Å². The molecule has 1 amide bonds. The molecule has 0 radical (unpaired) electrons. The molecule has 1 aromatic carbocycles. The lowest BCUT2D eigenvalue weighted by atomic mass is 9.92. The summed E-state index contributed by atoms with van der Waals surface area (Å²) in [5, 5.41) is 0. The second-order valence-electron chi connectivity index (χ2n) is 6.96. The maximum atomic E-state index is 13.1. The van der Waals surface area contributed by atoms with Crippen LogP contribution in [0.1, 0.15) is 41.3 Å². The van der Waals surface area contributed by atoms with Crippen molar-refractivity contribution in [2.75, 3.05) is 26.8 Å². The lowest BCUT2D eigenvalue weighted by Crippen LogP contribution is -2.41. The van der Waals surface area contributed by atoms with Gasteiger partial charge in [0.2, 0.25) is 5.91 Å². The fourth-order valence-electron chi connectivity index (χ4n) is 3.58. The molecule has 0 saturated carbocycles. The highest BCUT2D eigenvalue weighted by Crippen LogP contribution is 2.27. The van der Waals surface area contributed by atoms with Gasteiger partial charge >= 0.3 is 0 Å². The first-order chi connectivity index (χ1) is 12.5. The summed E-state index contributed by atoms with van der Waals surface area (Å²) in [4.78, 5) is 18.7. The molecule has 2 aromatic rings. The van der Waals surface area contributed by atoms with Crippen molar-refractivity contribution in [3.63, 3.8) is 0 Å². The van der Waals surface area contributed by atoms with Gasteiger partial charge in [-0.25, -0.2) is 4.39 Å². The molecular formula is C21H25FN2O2. The second kappa shape index (κ2) is 8.41. The van der Waals surface area contributed by atoms with Crippen molar-refractivity contribution >= 4 is 5.91 Å². The maximum Gasteiger partial charge on any atom is 0.248 e. The van der Waals surface area contributed by atoms with Gasteiger partial charge < -0.3 is 9.64 Å². The Kier molecular flexibility index (Phi) is 5.99. The number of ether oxygens (including phenoxy) is 1. The number of carbonyl (C=O) groups is 1. The standard InChI is InChI=1S/C21H25FN2O2/c1-15-10-17(11-16-5-7-19(22)8-6-16)12-20(23-15)18-4-3-9-24(13-18)21(25)14-26-2/h5-8,10,12,18H,3-4,9,11,13-14H2,1-2H3/t18-/m0/s1. The third kappa shape index (κ3) is 4.67. The summed E-state index contributed by atoms with van der Waals surface area (Å²) in [5.74, 6) is 0.0659. The molecule has 1 atom stereocenters. The third-order valence-corrected chi connectivity index (χ3v) is 4.81. The molecule has 0 aliphatic carbocycles. The first-order valence-electron chi connectivity index (χ1n) is 9.04. The molecule has 138 valence electrons. The Morgan fingerprint density at radius 1 is 1.27 bits per heavy atom. The highest BCUT2D eigenvalue weighted by Gasteiger charge is 2.25. The van der Waals surface area contributed by atoms with Crippen molar-refractivity contribution in [3.8, 4) is 0 Å². The van der Waals surface area contributed by atoms with E-state index in [1.54, 1.807) is 7.11 Å². The van der Waals surface area contributed by atoms with Gasteiger partial charge in [-0.3, -0.25) is 9.78 Å². The molecule has 4 nitrogen and oxygen atoms in total. The first-order valence-corrected chi connectivity index (χ1v) is 9.04. The zero-order valence-electron chi connectivity index (χ0n) is 15.4. The molecule has 3 rings (SSSR count). The quantitative estimate of drug-likeness (QED) is 0.824.